The second-order valence-electron chi connectivity index (χ2n) is 4.27. The van der Waals surface area contributed by atoms with Crippen molar-refractivity contribution in [2.24, 2.45) is 0 Å². The van der Waals surface area contributed by atoms with E-state index in [1.807, 2.05) is 0 Å². The quantitative estimate of drug-likeness (QED) is 0.842. The zero-order chi connectivity index (χ0) is 14.5. The number of carbonyl (C=O) groups excluding carboxylic acids is 1. The van der Waals surface area contributed by atoms with Crippen LogP contribution in [0.5, 0.6) is 5.75 Å². The van der Waals surface area contributed by atoms with Crippen molar-refractivity contribution in [3.05, 3.63) is 53.8 Å². The van der Waals surface area contributed by atoms with Gasteiger partial charge in [-0.1, -0.05) is 18.2 Å². The maximum absolute atomic E-state index is 13.5. The van der Waals surface area contributed by atoms with Crippen molar-refractivity contribution in [2.75, 3.05) is 18.2 Å². The molecule has 0 aliphatic heterocycles. The van der Waals surface area contributed by atoms with Gasteiger partial charge in [-0.05, 0) is 23.8 Å². The normalized spacial score (nSPS) is 10.1. The van der Waals surface area contributed by atoms with Crippen LogP contribution in [0.1, 0.15) is 5.56 Å². The predicted octanol–water partition coefficient (Wildman–Crippen LogP) is 2.60. The molecule has 0 fully saturated rings. The number of ether oxygens (including phenoxy) is 1. The summed E-state index contributed by atoms with van der Waals surface area (Å²) < 4.78 is 18.5. The van der Waals surface area contributed by atoms with Crippen molar-refractivity contribution in [1.29, 1.82) is 0 Å². The molecule has 0 aliphatic rings. The topological polar surface area (TPSA) is 64.3 Å². The largest absolute Gasteiger partial charge is 0.497 e. The van der Waals surface area contributed by atoms with E-state index in [-0.39, 0.29) is 12.3 Å². The summed E-state index contributed by atoms with van der Waals surface area (Å²) in [5.41, 5.74) is 6.98. The molecular formula is C15H15FN2O2. The molecule has 104 valence electrons. The molecule has 0 aliphatic carbocycles. The first-order chi connectivity index (χ1) is 9.60. The average Bonchev–Trinajstić information content (AvgIpc) is 2.44. The van der Waals surface area contributed by atoms with Crippen molar-refractivity contribution in [3.8, 4) is 5.75 Å². The lowest BCUT2D eigenvalue weighted by Crippen LogP contribution is -2.16. The van der Waals surface area contributed by atoms with Crippen LogP contribution in [0.4, 0.5) is 15.8 Å². The molecule has 0 radical (unpaired) electrons. The smallest absolute Gasteiger partial charge is 0.228 e. The summed E-state index contributed by atoms with van der Waals surface area (Å²) in [6.45, 7) is 0. The molecule has 0 atom stereocenters. The number of carbonyl (C=O) groups is 1. The van der Waals surface area contributed by atoms with Crippen LogP contribution in [0.3, 0.4) is 0 Å². The highest BCUT2D eigenvalue weighted by atomic mass is 19.1. The average molecular weight is 274 g/mol. The number of halogens is 1. The minimum atomic E-state index is -0.402. The summed E-state index contributed by atoms with van der Waals surface area (Å²) in [7, 11) is 1.52. The Morgan fingerprint density at radius 1 is 1.30 bits per heavy atom. The fourth-order valence-corrected chi connectivity index (χ4v) is 1.78. The van der Waals surface area contributed by atoms with Crippen LogP contribution in [0.2, 0.25) is 0 Å². The number of rotatable bonds is 4. The Kier molecular flexibility index (Phi) is 4.20. The van der Waals surface area contributed by atoms with Crippen molar-refractivity contribution in [3.63, 3.8) is 0 Å². The highest BCUT2D eigenvalue weighted by Crippen LogP contribution is 2.24. The van der Waals surface area contributed by atoms with Crippen LogP contribution < -0.4 is 15.8 Å². The molecule has 0 heterocycles. The Labute approximate surface area is 116 Å². The van der Waals surface area contributed by atoms with Gasteiger partial charge in [-0.25, -0.2) is 4.39 Å². The molecule has 0 bridgehead atoms. The Bertz CT molecular complexity index is 629. The molecule has 3 N–H and O–H groups in total. The van der Waals surface area contributed by atoms with Gasteiger partial charge in [0.2, 0.25) is 5.91 Å². The first-order valence-corrected chi connectivity index (χ1v) is 6.07. The van der Waals surface area contributed by atoms with Gasteiger partial charge in [0.1, 0.15) is 11.6 Å². The summed E-state index contributed by atoms with van der Waals surface area (Å²) >= 11 is 0. The molecule has 5 heteroatoms. The van der Waals surface area contributed by atoms with Gasteiger partial charge in [0.25, 0.3) is 0 Å². The van der Waals surface area contributed by atoms with Gasteiger partial charge in [-0.3, -0.25) is 4.79 Å². The molecule has 4 nitrogen and oxygen atoms in total. The van der Waals surface area contributed by atoms with E-state index in [0.29, 0.717) is 22.7 Å². The number of hydrogen-bond acceptors (Lipinski definition) is 3. The summed E-state index contributed by atoms with van der Waals surface area (Å²) in [6.07, 6.45) is -0.0523. The Balaban J connectivity index is 2.10. The van der Waals surface area contributed by atoms with Crippen LogP contribution in [0.15, 0.2) is 42.5 Å². The van der Waals surface area contributed by atoms with E-state index >= 15 is 0 Å². The summed E-state index contributed by atoms with van der Waals surface area (Å²) in [4.78, 5) is 11.9. The molecule has 1 amide bonds. The number of anilines is 2. The highest BCUT2D eigenvalue weighted by molar-refractivity contribution is 5.95. The lowest BCUT2D eigenvalue weighted by atomic mass is 10.1. The molecule has 20 heavy (non-hydrogen) atoms. The maximum Gasteiger partial charge on any atom is 0.228 e. The molecule has 0 unspecified atom stereocenters. The number of benzene rings is 2. The number of nitrogen functional groups attached to an aromatic ring is 1. The molecule has 0 spiro atoms. The Morgan fingerprint density at radius 3 is 2.75 bits per heavy atom. The molecule has 0 aromatic heterocycles. The van der Waals surface area contributed by atoms with E-state index < -0.39 is 5.82 Å². The minimum absolute atomic E-state index is 0.0523. The van der Waals surface area contributed by atoms with Crippen LogP contribution in [0.25, 0.3) is 0 Å². The van der Waals surface area contributed by atoms with Gasteiger partial charge in [0.05, 0.1) is 24.9 Å². The van der Waals surface area contributed by atoms with Crippen LogP contribution >= 0.6 is 0 Å². The fraction of sp³-hybridized carbons (Fsp3) is 0.133. The van der Waals surface area contributed by atoms with Gasteiger partial charge in [0, 0.05) is 6.07 Å². The zero-order valence-corrected chi connectivity index (χ0v) is 11.0. The zero-order valence-electron chi connectivity index (χ0n) is 11.0. The SMILES string of the molecule is COc1ccc(N)c(NC(=O)Cc2ccccc2F)c1. The van der Waals surface area contributed by atoms with Crippen LogP contribution in [0, 0.1) is 5.82 Å². The Hall–Kier alpha value is -2.56. The van der Waals surface area contributed by atoms with E-state index in [4.69, 9.17) is 10.5 Å². The van der Waals surface area contributed by atoms with Gasteiger partial charge in [0.15, 0.2) is 0 Å². The number of methoxy groups -OCH3 is 1. The van der Waals surface area contributed by atoms with Gasteiger partial charge in [-0.2, -0.15) is 0 Å². The highest BCUT2D eigenvalue weighted by Gasteiger charge is 2.10. The number of amides is 1. The van der Waals surface area contributed by atoms with Gasteiger partial charge < -0.3 is 15.8 Å². The van der Waals surface area contributed by atoms with E-state index in [0.717, 1.165) is 0 Å². The fourth-order valence-electron chi connectivity index (χ4n) is 1.78. The molecule has 2 aromatic carbocycles. The summed E-state index contributed by atoms with van der Waals surface area (Å²) in [5, 5.41) is 2.65. The first kappa shape index (κ1) is 13.9. The van der Waals surface area contributed by atoms with Crippen molar-refractivity contribution in [1.82, 2.24) is 0 Å². The van der Waals surface area contributed by atoms with Crippen molar-refractivity contribution < 1.29 is 13.9 Å². The van der Waals surface area contributed by atoms with E-state index in [1.165, 1.54) is 13.2 Å². The van der Waals surface area contributed by atoms with E-state index in [1.54, 1.807) is 36.4 Å². The molecular weight excluding hydrogens is 259 g/mol. The summed E-state index contributed by atoms with van der Waals surface area (Å²) in [5.74, 6) is -0.156. The van der Waals surface area contributed by atoms with Gasteiger partial charge in [-0.15, -0.1) is 0 Å². The second-order valence-corrected chi connectivity index (χ2v) is 4.27. The van der Waals surface area contributed by atoms with Crippen molar-refractivity contribution in [2.45, 2.75) is 6.42 Å². The number of nitrogens with two attached hydrogens (primary N) is 1. The molecule has 2 rings (SSSR count). The lowest BCUT2D eigenvalue weighted by Gasteiger charge is -2.10. The molecule has 2 aromatic rings. The van der Waals surface area contributed by atoms with E-state index in [2.05, 4.69) is 5.32 Å². The first-order valence-electron chi connectivity index (χ1n) is 6.07. The van der Waals surface area contributed by atoms with Crippen LogP contribution in [-0.4, -0.2) is 13.0 Å². The summed E-state index contributed by atoms with van der Waals surface area (Å²) in [6, 6.07) is 11.1. The third kappa shape index (κ3) is 3.26. The standard InChI is InChI=1S/C15H15FN2O2/c1-20-11-6-7-13(17)14(9-11)18-15(19)8-10-4-2-3-5-12(10)16/h2-7,9H,8,17H2,1H3,(H,18,19). The third-order valence-corrected chi connectivity index (χ3v) is 2.84. The molecule has 0 saturated heterocycles. The van der Waals surface area contributed by atoms with E-state index in [9.17, 15) is 9.18 Å². The number of nitrogens with one attached hydrogen (secondary N) is 1. The lowest BCUT2D eigenvalue weighted by molar-refractivity contribution is -0.115. The molecule has 0 saturated carbocycles. The monoisotopic (exact) mass is 274 g/mol. The predicted molar refractivity (Wildman–Crippen MR) is 76.1 cm³/mol. The number of hydrogen-bond donors (Lipinski definition) is 2. The van der Waals surface area contributed by atoms with Crippen LogP contribution in [-0.2, 0) is 11.2 Å². The van der Waals surface area contributed by atoms with Crippen molar-refractivity contribution >= 4 is 17.3 Å². The second kappa shape index (κ2) is 6.06. The third-order valence-electron chi connectivity index (χ3n) is 2.84. The minimum Gasteiger partial charge on any atom is -0.497 e. The van der Waals surface area contributed by atoms with Gasteiger partial charge >= 0.3 is 0 Å². The Morgan fingerprint density at radius 2 is 2.05 bits per heavy atom. The maximum atomic E-state index is 13.5.